The van der Waals surface area contributed by atoms with Gasteiger partial charge in [0.2, 0.25) is 11.8 Å². The van der Waals surface area contributed by atoms with E-state index in [1.165, 1.54) is 12.1 Å². The van der Waals surface area contributed by atoms with Crippen molar-refractivity contribution in [1.29, 1.82) is 0 Å². The number of aromatic nitrogens is 3. The molecule has 6 nitrogen and oxygen atoms in total. The van der Waals surface area contributed by atoms with Gasteiger partial charge in [-0.25, -0.2) is 8.78 Å². The van der Waals surface area contributed by atoms with Gasteiger partial charge in [-0.3, -0.25) is 9.78 Å². The highest BCUT2D eigenvalue weighted by atomic mass is 19.4. The summed E-state index contributed by atoms with van der Waals surface area (Å²) in [6, 6.07) is 6.43. The zero-order valence-corrected chi connectivity index (χ0v) is 20.2. The van der Waals surface area contributed by atoms with Crippen LogP contribution in [0.1, 0.15) is 38.2 Å². The molecule has 0 N–H and O–H groups in total. The van der Waals surface area contributed by atoms with Gasteiger partial charge in [-0.15, -0.1) is 10.2 Å². The minimum Gasteiger partial charge on any atom is -0.348 e. The zero-order chi connectivity index (χ0) is 26.4. The molecule has 37 heavy (non-hydrogen) atoms. The summed E-state index contributed by atoms with van der Waals surface area (Å²) in [5.74, 6) is -2.54. The molecule has 3 aromatic rings. The van der Waals surface area contributed by atoms with Crippen molar-refractivity contribution in [1.82, 2.24) is 20.1 Å². The maximum Gasteiger partial charge on any atom is 0.416 e. The SMILES string of the molecule is CC1CN(C(=O)C2CCC(F)(F)CC2)CCN1c1nnc(-c2ccc(C(F)(F)F)cc2)c2ccncc12. The molecule has 2 aliphatic rings. The van der Waals surface area contributed by atoms with Gasteiger partial charge in [-0.05, 0) is 38.0 Å². The van der Waals surface area contributed by atoms with Crippen molar-refractivity contribution in [2.24, 2.45) is 5.92 Å². The van der Waals surface area contributed by atoms with Crippen LogP contribution in [0.5, 0.6) is 0 Å². The molecule has 1 saturated heterocycles. The molecule has 0 spiro atoms. The number of nitrogens with zero attached hydrogens (tertiary/aromatic N) is 5. The summed E-state index contributed by atoms with van der Waals surface area (Å²) in [6.07, 6.45) is -1.28. The fourth-order valence-corrected chi connectivity index (χ4v) is 5.24. The third kappa shape index (κ3) is 5.08. The Kier molecular flexibility index (Phi) is 6.49. The van der Waals surface area contributed by atoms with Gasteiger partial charge in [0, 0.05) is 73.2 Å². The molecule has 0 bridgehead atoms. The van der Waals surface area contributed by atoms with E-state index in [-0.39, 0.29) is 43.6 Å². The minimum atomic E-state index is -4.43. The molecule has 1 aliphatic heterocycles. The molecular formula is C26H26F5N5O. The number of carbonyl (C=O) groups excluding carboxylic acids is 1. The van der Waals surface area contributed by atoms with Crippen LogP contribution >= 0.6 is 0 Å². The van der Waals surface area contributed by atoms with Crippen LogP contribution in [0, 0.1) is 5.92 Å². The number of halogens is 5. The Morgan fingerprint density at radius 2 is 1.70 bits per heavy atom. The van der Waals surface area contributed by atoms with Crippen molar-refractivity contribution in [3.8, 4) is 11.3 Å². The lowest BCUT2D eigenvalue weighted by Crippen LogP contribution is -2.55. The van der Waals surface area contributed by atoms with E-state index in [1.54, 1.807) is 23.4 Å². The van der Waals surface area contributed by atoms with Gasteiger partial charge < -0.3 is 9.80 Å². The number of piperazine rings is 1. The van der Waals surface area contributed by atoms with Gasteiger partial charge in [-0.2, -0.15) is 13.2 Å². The van der Waals surface area contributed by atoms with Gasteiger partial charge in [0.15, 0.2) is 5.82 Å². The molecule has 5 rings (SSSR count). The van der Waals surface area contributed by atoms with Crippen LogP contribution in [0.3, 0.4) is 0 Å². The second-order valence-electron chi connectivity index (χ2n) is 9.83. The van der Waals surface area contributed by atoms with Gasteiger partial charge in [0.05, 0.1) is 5.56 Å². The lowest BCUT2D eigenvalue weighted by molar-refractivity contribution is -0.140. The highest BCUT2D eigenvalue weighted by Crippen LogP contribution is 2.38. The van der Waals surface area contributed by atoms with E-state index in [0.717, 1.165) is 12.1 Å². The molecular weight excluding hydrogens is 493 g/mol. The molecule has 1 aromatic carbocycles. The van der Waals surface area contributed by atoms with Crippen LogP contribution in [0.4, 0.5) is 27.8 Å². The van der Waals surface area contributed by atoms with E-state index in [2.05, 4.69) is 15.2 Å². The molecule has 1 aliphatic carbocycles. The first kappa shape index (κ1) is 25.3. The summed E-state index contributed by atoms with van der Waals surface area (Å²) in [6.45, 7) is 3.30. The molecule has 2 fully saturated rings. The van der Waals surface area contributed by atoms with Crippen LogP contribution < -0.4 is 4.90 Å². The van der Waals surface area contributed by atoms with Gasteiger partial charge >= 0.3 is 6.18 Å². The van der Waals surface area contributed by atoms with Crippen LogP contribution in [-0.4, -0.2) is 57.6 Å². The maximum atomic E-state index is 13.5. The third-order valence-corrected chi connectivity index (χ3v) is 7.33. The van der Waals surface area contributed by atoms with Crippen molar-refractivity contribution in [2.45, 2.75) is 50.7 Å². The summed E-state index contributed by atoms with van der Waals surface area (Å²) >= 11 is 0. The molecule has 1 atom stereocenters. The predicted octanol–water partition coefficient (Wildman–Crippen LogP) is 5.57. The Morgan fingerprint density at radius 1 is 1.00 bits per heavy atom. The number of amides is 1. The predicted molar refractivity (Wildman–Crippen MR) is 128 cm³/mol. The number of pyridine rings is 1. The Bertz CT molecular complexity index is 1290. The smallest absolute Gasteiger partial charge is 0.348 e. The molecule has 196 valence electrons. The summed E-state index contributed by atoms with van der Waals surface area (Å²) in [5.41, 5.74) is 0.213. The van der Waals surface area contributed by atoms with Crippen molar-refractivity contribution in [3.63, 3.8) is 0 Å². The number of carbonyl (C=O) groups is 1. The van der Waals surface area contributed by atoms with Gasteiger partial charge in [0.25, 0.3) is 0 Å². The van der Waals surface area contributed by atoms with Crippen LogP contribution in [0.25, 0.3) is 22.0 Å². The van der Waals surface area contributed by atoms with Crippen LogP contribution in [0.2, 0.25) is 0 Å². The number of alkyl halides is 5. The molecule has 2 aromatic heterocycles. The van der Waals surface area contributed by atoms with Crippen LogP contribution in [0.15, 0.2) is 42.7 Å². The highest BCUT2D eigenvalue weighted by Gasteiger charge is 2.40. The van der Waals surface area contributed by atoms with Crippen molar-refractivity contribution in [3.05, 3.63) is 48.3 Å². The molecule has 1 unspecified atom stereocenters. The van der Waals surface area contributed by atoms with Crippen molar-refractivity contribution >= 4 is 22.5 Å². The quantitative estimate of drug-likeness (QED) is 0.424. The van der Waals surface area contributed by atoms with E-state index >= 15 is 0 Å². The number of rotatable bonds is 3. The Labute approximate surface area is 210 Å². The van der Waals surface area contributed by atoms with E-state index < -0.39 is 17.7 Å². The van der Waals surface area contributed by atoms with E-state index in [4.69, 9.17) is 0 Å². The second kappa shape index (κ2) is 9.50. The molecule has 1 amide bonds. The van der Waals surface area contributed by atoms with Crippen molar-refractivity contribution in [2.75, 3.05) is 24.5 Å². The first-order valence-corrected chi connectivity index (χ1v) is 12.2. The topological polar surface area (TPSA) is 62.2 Å². The fourth-order valence-electron chi connectivity index (χ4n) is 5.24. The average molecular weight is 520 g/mol. The Morgan fingerprint density at radius 3 is 2.35 bits per heavy atom. The lowest BCUT2D eigenvalue weighted by atomic mass is 9.85. The molecule has 11 heteroatoms. The first-order chi connectivity index (χ1) is 17.5. The molecule has 3 heterocycles. The lowest BCUT2D eigenvalue weighted by Gasteiger charge is -2.42. The highest BCUT2D eigenvalue weighted by molar-refractivity contribution is 5.99. The molecule has 0 radical (unpaired) electrons. The average Bonchev–Trinajstić information content (AvgIpc) is 2.87. The number of hydrogen-bond acceptors (Lipinski definition) is 5. The molecule has 1 saturated carbocycles. The largest absolute Gasteiger partial charge is 0.416 e. The normalized spacial score (nSPS) is 20.9. The summed E-state index contributed by atoms with van der Waals surface area (Å²) in [4.78, 5) is 21.0. The Hall–Kier alpha value is -3.37. The van der Waals surface area contributed by atoms with E-state index in [9.17, 15) is 26.7 Å². The monoisotopic (exact) mass is 519 g/mol. The summed E-state index contributed by atoms with van der Waals surface area (Å²) < 4.78 is 66.0. The van der Waals surface area contributed by atoms with Crippen molar-refractivity contribution < 1.29 is 26.7 Å². The number of fused-ring (bicyclic) bond motifs is 1. The number of benzene rings is 1. The Balaban J connectivity index is 1.36. The summed E-state index contributed by atoms with van der Waals surface area (Å²) in [7, 11) is 0. The second-order valence-corrected chi connectivity index (χ2v) is 9.83. The fraction of sp³-hybridized carbons (Fsp3) is 0.462. The minimum absolute atomic E-state index is 0.0720. The first-order valence-electron chi connectivity index (χ1n) is 12.2. The van der Waals surface area contributed by atoms with Crippen LogP contribution in [-0.2, 0) is 11.0 Å². The van der Waals surface area contributed by atoms with E-state index in [0.29, 0.717) is 47.5 Å². The zero-order valence-electron chi connectivity index (χ0n) is 20.2. The van der Waals surface area contributed by atoms with Gasteiger partial charge in [0.1, 0.15) is 5.69 Å². The number of hydrogen-bond donors (Lipinski definition) is 0. The maximum absolute atomic E-state index is 13.5. The van der Waals surface area contributed by atoms with Gasteiger partial charge in [-0.1, -0.05) is 12.1 Å². The van der Waals surface area contributed by atoms with E-state index in [1.807, 2.05) is 11.8 Å². The summed E-state index contributed by atoms with van der Waals surface area (Å²) in [5, 5.41) is 10.2. The standard InChI is InChI=1S/C26H26F5N5O/c1-16-15-35(24(37)18-6-9-25(27,28)10-7-18)12-13-36(16)23-21-14-32-11-8-20(21)22(33-34-23)17-2-4-19(5-3-17)26(29,30)31/h2-5,8,11,14,16,18H,6-7,9-10,12-13,15H2,1H3. The number of anilines is 1. The third-order valence-electron chi connectivity index (χ3n) is 7.33.